The summed E-state index contributed by atoms with van der Waals surface area (Å²) < 4.78 is 28.2. The molecule has 0 aliphatic carbocycles. The van der Waals surface area contributed by atoms with Gasteiger partial charge >= 0.3 is 0 Å². The largest absolute Gasteiger partial charge is 0.342 e. The molecule has 0 aromatic heterocycles. The minimum absolute atomic E-state index is 0.0303. The van der Waals surface area contributed by atoms with E-state index >= 15 is 0 Å². The van der Waals surface area contributed by atoms with Crippen LogP contribution in [0.15, 0.2) is 18.2 Å². The van der Waals surface area contributed by atoms with Gasteiger partial charge in [-0.15, -0.1) is 0 Å². The van der Waals surface area contributed by atoms with Gasteiger partial charge in [-0.3, -0.25) is 14.4 Å². The Hall–Kier alpha value is -2.55. The molecule has 3 N–H and O–H groups in total. The molecule has 1 aliphatic heterocycles. The van der Waals surface area contributed by atoms with E-state index in [1.165, 1.54) is 11.0 Å². The van der Waals surface area contributed by atoms with Gasteiger partial charge in [-0.2, -0.15) is 0 Å². The van der Waals surface area contributed by atoms with Crippen molar-refractivity contribution in [3.63, 3.8) is 0 Å². The Morgan fingerprint density at radius 1 is 1.09 bits per heavy atom. The summed E-state index contributed by atoms with van der Waals surface area (Å²) in [5.74, 6) is -2.94. The number of benzene rings is 1. The van der Waals surface area contributed by atoms with Crippen molar-refractivity contribution >= 4 is 23.4 Å². The molecule has 184 valence electrons. The number of hydrogen-bond donors (Lipinski definition) is 3. The molecule has 7 nitrogen and oxygen atoms in total. The first-order valence-corrected chi connectivity index (χ1v) is 11.3. The lowest BCUT2D eigenvalue weighted by molar-refractivity contribution is -0.143. The van der Waals surface area contributed by atoms with Gasteiger partial charge in [0.05, 0.1) is 6.04 Å². The third-order valence-electron chi connectivity index (χ3n) is 6.30. The van der Waals surface area contributed by atoms with Crippen molar-refractivity contribution in [3.8, 4) is 0 Å². The summed E-state index contributed by atoms with van der Waals surface area (Å²) >= 11 is 0. The van der Waals surface area contributed by atoms with E-state index in [-0.39, 0.29) is 17.7 Å². The van der Waals surface area contributed by atoms with Gasteiger partial charge in [-0.05, 0) is 49.8 Å². The van der Waals surface area contributed by atoms with Crippen LogP contribution in [0.2, 0.25) is 0 Å². The number of para-hydroxylation sites is 1. The van der Waals surface area contributed by atoms with Gasteiger partial charge in [0.2, 0.25) is 17.7 Å². The van der Waals surface area contributed by atoms with Crippen molar-refractivity contribution in [2.75, 3.05) is 18.9 Å². The Bertz CT molecular complexity index is 865. The van der Waals surface area contributed by atoms with E-state index in [0.717, 1.165) is 12.1 Å². The Kier molecular flexibility index (Phi) is 8.57. The highest BCUT2D eigenvalue weighted by Gasteiger charge is 2.45. The van der Waals surface area contributed by atoms with E-state index in [2.05, 4.69) is 16.0 Å². The predicted molar refractivity (Wildman–Crippen MR) is 123 cm³/mol. The van der Waals surface area contributed by atoms with E-state index in [9.17, 15) is 23.2 Å². The standard InChI is InChI=1S/C24H36F2N4O3/c1-13(2)15-11-18(22(32)28-19-16(25)9-8-10-17(19)26)30(12-15)23(33)20(24(4,5)6)29-21(31)14(3)27-7/h8-10,13-15,18,20,27H,11-12H2,1-7H3,(H,28,32)(H,29,31). The molecule has 33 heavy (non-hydrogen) atoms. The number of rotatable bonds is 7. The minimum atomic E-state index is -0.910. The van der Waals surface area contributed by atoms with E-state index < -0.39 is 52.7 Å². The fourth-order valence-corrected chi connectivity index (χ4v) is 3.88. The summed E-state index contributed by atoms with van der Waals surface area (Å²) in [6.07, 6.45) is 0.364. The Balaban J connectivity index is 2.35. The molecule has 1 aromatic rings. The van der Waals surface area contributed by atoms with Crippen molar-refractivity contribution in [1.82, 2.24) is 15.5 Å². The second-order valence-corrected chi connectivity index (χ2v) is 10.2. The number of likely N-dealkylation sites (N-methyl/N-ethyl adjacent to an activating group) is 1. The van der Waals surface area contributed by atoms with Crippen molar-refractivity contribution in [2.45, 2.75) is 66.1 Å². The van der Waals surface area contributed by atoms with Crippen LogP contribution in [0.25, 0.3) is 0 Å². The summed E-state index contributed by atoms with van der Waals surface area (Å²) in [6.45, 7) is 11.5. The zero-order chi connectivity index (χ0) is 25.1. The van der Waals surface area contributed by atoms with Crippen molar-refractivity contribution < 1.29 is 23.2 Å². The Labute approximate surface area is 194 Å². The van der Waals surface area contributed by atoms with Crippen LogP contribution in [0.1, 0.15) is 48.0 Å². The summed E-state index contributed by atoms with van der Waals surface area (Å²) in [6, 6.07) is 1.03. The van der Waals surface area contributed by atoms with Crippen LogP contribution in [0.5, 0.6) is 0 Å². The first-order chi connectivity index (χ1) is 15.3. The third kappa shape index (κ3) is 6.28. The lowest BCUT2D eigenvalue weighted by Crippen LogP contribution is -2.59. The number of halogens is 2. The number of nitrogens with one attached hydrogen (secondary N) is 3. The normalized spacial score (nSPS) is 20.5. The highest BCUT2D eigenvalue weighted by Crippen LogP contribution is 2.33. The van der Waals surface area contributed by atoms with Gasteiger partial charge < -0.3 is 20.9 Å². The van der Waals surface area contributed by atoms with Gasteiger partial charge in [0, 0.05) is 6.54 Å². The number of nitrogens with zero attached hydrogens (tertiary/aromatic N) is 1. The van der Waals surface area contributed by atoms with Gasteiger partial charge in [0.1, 0.15) is 29.4 Å². The molecule has 0 spiro atoms. The van der Waals surface area contributed by atoms with E-state index in [1.807, 2.05) is 34.6 Å². The van der Waals surface area contributed by atoms with Crippen LogP contribution in [-0.4, -0.2) is 54.3 Å². The van der Waals surface area contributed by atoms with Crippen LogP contribution in [0.3, 0.4) is 0 Å². The van der Waals surface area contributed by atoms with Gasteiger partial charge in [0.15, 0.2) is 0 Å². The lowest BCUT2D eigenvalue weighted by Gasteiger charge is -2.36. The summed E-state index contributed by atoms with van der Waals surface area (Å²) in [4.78, 5) is 40.8. The second-order valence-electron chi connectivity index (χ2n) is 10.2. The molecule has 1 heterocycles. The van der Waals surface area contributed by atoms with Gasteiger partial charge in [-0.25, -0.2) is 8.78 Å². The number of carbonyl (C=O) groups excluding carboxylic acids is 3. The van der Waals surface area contributed by atoms with Gasteiger partial charge in [0.25, 0.3) is 0 Å². The maximum Gasteiger partial charge on any atom is 0.247 e. The van der Waals surface area contributed by atoms with E-state index in [4.69, 9.17) is 0 Å². The first kappa shape index (κ1) is 26.7. The molecule has 1 aliphatic rings. The van der Waals surface area contributed by atoms with Crippen LogP contribution in [0.4, 0.5) is 14.5 Å². The number of carbonyl (C=O) groups is 3. The zero-order valence-corrected chi connectivity index (χ0v) is 20.5. The highest BCUT2D eigenvalue weighted by atomic mass is 19.1. The SMILES string of the molecule is CNC(C)C(=O)NC(C(=O)N1CC(C(C)C)CC1C(=O)Nc1c(F)cccc1F)C(C)(C)C. The van der Waals surface area contributed by atoms with Crippen LogP contribution in [-0.2, 0) is 14.4 Å². The molecule has 0 radical (unpaired) electrons. The molecule has 2 rings (SSSR count). The first-order valence-electron chi connectivity index (χ1n) is 11.3. The minimum Gasteiger partial charge on any atom is -0.342 e. The maximum absolute atomic E-state index is 14.1. The number of hydrogen-bond acceptors (Lipinski definition) is 4. The molecule has 1 aromatic carbocycles. The van der Waals surface area contributed by atoms with E-state index in [1.54, 1.807) is 14.0 Å². The van der Waals surface area contributed by atoms with Crippen LogP contribution >= 0.6 is 0 Å². The molecule has 0 bridgehead atoms. The fraction of sp³-hybridized carbons (Fsp3) is 0.625. The second kappa shape index (κ2) is 10.6. The molecule has 4 atom stereocenters. The predicted octanol–water partition coefficient (Wildman–Crippen LogP) is 2.92. The maximum atomic E-state index is 14.1. The molecule has 1 fully saturated rings. The van der Waals surface area contributed by atoms with Gasteiger partial charge in [-0.1, -0.05) is 40.7 Å². The topological polar surface area (TPSA) is 90.5 Å². The molecular weight excluding hydrogens is 430 g/mol. The zero-order valence-electron chi connectivity index (χ0n) is 20.5. The molecule has 0 saturated carbocycles. The fourth-order valence-electron chi connectivity index (χ4n) is 3.88. The van der Waals surface area contributed by atoms with Crippen molar-refractivity contribution in [1.29, 1.82) is 0 Å². The van der Waals surface area contributed by atoms with Crippen molar-refractivity contribution in [2.24, 2.45) is 17.3 Å². The molecule has 1 saturated heterocycles. The Morgan fingerprint density at radius 2 is 1.67 bits per heavy atom. The van der Waals surface area contributed by atoms with E-state index in [0.29, 0.717) is 13.0 Å². The lowest BCUT2D eigenvalue weighted by atomic mass is 9.85. The van der Waals surface area contributed by atoms with Crippen LogP contribution in [0, 0.1) is 28.9 Å². The number of anilines is 1. The summed E-state index contributed by atoms with van der Waals surface area (Å²) in [5.41, 5.74) is -1.17. The molecule has 4 unspecified atom stereocenters. The number of likely N-dealkylation sites (tertiary alicyclic amines) is 1. The van der Waals surface area contributed by atoms with Crippen LogP contribution < -0.4 is 16.0 Å². The Morgan fingerprint density at radius 3 is 2.15 bits per heavy atom. The molecule has 3 amide bonds. The van der Waals surface area contributed by atoms with Crippen molar-refractivity contribution in [3.05, 3.63) is 29.8 Å². The summed E-state index contributed by atoms with van der Waals surface area (Å²) in [7, 11) is 1.65. The smallest absolute Gasteiger partial charge is 0.247 e. The molecular formula is C24H36F2N4O3. The monoisotopic (exact) mass is 466 g/mol. The third-order valence-corrected chi connectivity index (χ3v) is 6.30. The quantitative estimate of drug-likeness (QED) is 0.576. The average Bonchev–Trinajstić information content (AvgIpc) is 3.18. The number of amides is 3. The summed E-state index contributed by atoms with van der Waals surface area (Å²) in [5, 5.41) is 7.99. The average molecular weight is 467 g/mol. The molecule has 9 heteroatoms. The highest BCUT2D eigenvalue weighted by molar-refractivity contribution is 5.99.